The minimum atomic E-state index is -3.25. The van der Waals surface area contributed by atoms with E-state index in [1.165, 1.54) is 0 Å². The van der Waals surface area contributed by atoms with Crippen molar-refractivity contribution < 1.29 is 18.0 Å². The molecule has 0 saturated carbocycles. The highest BCUT2D eigenvalue weighted by Gasteiger charge is 2.18. The summed E-state index contributed by atoms with van der Waals surface area (Å²) in [6.07, 6.45) is 1.72. The lowest BCUT2D eigenvalue weighted by Crippen LogP contribution is -2.39. The van der Waals surface area contributed by atoms with Crippen LogP contribution < -0.4 is 11.1 Å². The minimum absolute atomic E-state index is 0.230. The summed E-state index contributed by atoms with van der Waals surface area (Å²) in [6, 6.07) is 13.0. The highest BCUT2D eigenvalue weighted by molar-refractivity contribution is 7.90. The van der Waals surface area contributed by atoms with Crippen molar-refractivity contribution >= 4 is 21.8 Å². The second kappa shape index (κ2) is 8.88. The van der Waals surface area contributed by atoms with Crippen LogP contribution in [-0.4, -0.2) is 45.1 Å². The average Bonchev–Trinajstić information content (AvgIpc) is 2.66. The summed E-state index contributed by atoms with van der Waals surface area (Å²) >= 11 is 0. The Balaban J connectivity index is 1.93. The molecule has 28 heavy (non-hydrogen) atoms. The van der Waals surface area contributed by atoms with E-state index in [0.29, 0.717) is 18.5 Å². The molecular formula is C20H25N3O4S. The molecule has 1 atom stereocenters. The van der Waals surface area contributed by atoms with Crippen LogP contribution in [-0.2, 0) is 16.3 Å². The molecule has 8 heteroatoms. The number of sulfone groups is 1. The molecule has 0 aliphatic rings. The predicted octanol–water partition coefficient (Wildman–Crippen LogP) is 2.13. The Hall–Kier alpha value is -2.87. The van der Waals surface area contributed by atoms with E-state index in [9.17, 15) is 18.0 Å². The zero-order valence-corrected chi connectivity index (χ0v) is 17.0. The fraction of sp³-hybridized carbons (Fsp3) is 0.300. The fourth-order valence-electron chi connectivity index (χ4n) is 2.71. The smallest absolute Gasteiger partial charge is 0.317 e. The SMILES string of the molecule is CC(c1ccc(S(C)(=O)=O)cc1)N(C)C(=O)NCCc1cccc(C(N)=O)c1. The molecule has 0 aromatic heterocycles. The molecule has 2 rings (SSSR count). The summed E-state index contributed by atoms with van der Waals surface area (Å²) in [5.41, 5.74) is 7.45. The molecule has 0 radical (unpaired) electrons. The van der Waals surface area contributed by atoms with Gasteiger partial charge in [0.05, 0.1) is 10.9 Å². The average molecular weight is 404 g/mol. The zero-order valence-electron chi connectivity index (χ0n) is 16.2. The summed E-state index contributed by atoms with van der Waals surface area (Å²) in [5.74, 6) is -0.485. The third-order valence-electron chi connectivity index (χ3n) is 4.59. The number of amides is 3. The molecule has 0 aliphatic heterocycles. The zero-order chi connectivity index (χ0) is 20.9. The summed E-state index contributed by atoms with van der Waals surface area (Å²) in [6.45, 7) is 2.27. The van der Waals surface area contributed by atoms with Gasteiger partial charge in [0.2, 0.25) is 5.91 Å². The molecule has 0 heterocycles. The van der Waals surface area contributed by atoms with Crippen molar-refractivity contribution in [2.75, 3.05) is 19.8 Å². The van der Waals surface area contributed by atoms with Gasteiger partial charge in [0.1, 0.15) is 0 Å². The monoisotopic (exact) mass is 403 g/mol. The maximum Gasteiger partial charge on any atom is 0.317 e. The van der Waals surface area contributed by atoms with Gasteiger partial charge >= 0.3 is 6.03 Å². The molecule has 0 spiro atoms. The third-order valence-corrected chi connectivity index (χ3v) is 5.72. The van der Waals surface area contributed by atoms with Crippen LogP contribution in [0.3, 0.4) is 0 Å². The van der Waals surface area contributed by atoms with Gasteiger partial charge in [0, 0.05) is 25.4 Å². The number of rotatable bonds is 7. The minimum Gasteiger partial charge on any atom is -0.366 e. The van der Waals surface area contributed by atoms with E-state index in [1.807, 2.05) is 13.0 Å². The standard InChI is InChI=1S/C20H25N3O4S/c1-14(16-7-9-18(10-8-16)28(3,26)27)23(2)20(25)22-12-11-15-5-4-6-17(13-15)19(21)24/h4-10,13-14H,11-12H2,1-3H3,(H2,21,24)(H,22,25). The van der Waals surface area contributed by atoms with Gasteiger partial charge < -0.3 is 16.0 Å². The number of hydrogen-bond donors (Lipinski definition) is 2. The predicted molar refractivity (Wildman–Crippen MR) is 108 cm³/mol. The number of carbonyl (C=O) groups is 2. The van der Waals surface area contributed by atoms with Gasteiger partial charge in [0.15, 0.2) is 9.84 Å². The first-order chi connectivity index (χ1) is 13.1. The summed E-state index contributed by atoms with van der Waals surface area (Å²) in [4.78, 5) is 25.4. The lowest BCUT2D eigenvalue weighted by molar-refractivity contribution is 0.1000. The van der Waals surface area contributed by atoms with E-state index in [1.54, 1.807) is 54.4 Å². The molecule has 0 aliphatic carbocycles. The maximum atomic E-state index is 12.4. The van der Waals surface area contributed by atoms with Crippen LogP contribution >= 0.6 is 0 Å². The van der Waals surface area contributed by atoms with E-state index in [4.69, 9.17) is 5.73 Å². The van der Waals surface area contributed by atoms with Crippen LogP contribution in [0.2, 0.25) is 0 Å². The van der Waals surface area contributed by atoms with Crippen LogP contribution in [0.4, 0.5) is 4.79 Å². The highest BCUT2D eigenvalue weighted by atomic mass is 32.2. The first-order valence-electron chi connectivity index (χ1n) is 8.79. The molecule has 0 fully saturated rings. The van der Waals surface area contributed by atoms with Gasteiger partial charge in [-0.05, 0) is 48.7 Å². The Morgan fingerprint density at radius 1 is 1.14 bits per heavy atom. The molecule has 150 valence electrons. The van der Waals surface area contributed by atoms with E-state index in [0.717, 1.165) is 17.4 Å². The number of nitrogens with two attached hydrogens (primary N) is 1. The molecule has 1 unspecified atom stereocenters. The first-order valence-corrected chi connectivity index (χ1v) is 10.7. The quantitative estimate of drug-likeness (QED) is 0.738. The Kier molecular flexibility index (Phi) is 6.80. The first kappa shape index (κ1) is 21.4. The van der Waals surface area contributed by atoms with Gasteiger partial charge in [-0.15, -0.1) is 0 Å². The van der Waals surface area contributed by atoms with Gasteiger partial charge in [-0.2, -0.15) is 0 Å². The largest absolute Gasteiger partial charge is 0.366 e. The van der Waals surface area contributed by atoms with Crippen LogP contribution in [0.25, 0.3) is 0 Å². The summed E-state index contributed by atoms with van der Waals surface area (Å²) in [5, 5.41) is 2.84. The number of primary amides is 1. The normalized spacial score (nSPS) is 12.2. The number of nitrogens with one attached hydrogen (secondary N) is 1. The number of nitrogens with zero attached hydrogens (tertiary/aromatic N) is 1. The lowest BCUT2D eigenvalue weighted by atomic mass is 10.1. The number of carbonyl (C=O) groups excluding carboxylic acids is 2. The molecule has 3 amide bonds. The second-order valence-electron chi connectivity index (χ2n) is 6.67. The fourth-order valence-corrected chi connectivity index (χ4v) is 3.34. The number of urea groups is 1. The van der Waals surface area contributed by atoms with Crippen molar-refractivity contribution in [1.29, 1.82) is 0 Å². The molecule has 3 N–H and O–H groups in total. The number of hydrogen-bond acceptors (Lipinski definition) is 4. The van der Waals surface area contributed by atoms with E-state index < -0.39 is 15.7 Å². The van der Waals surface area contributed by atoms with Crippen molar-refractivity contribution in [3.63, 3.8) is 0 Å². The van der Waals surface area contributed by atoms with Crippen molar-refractivity contribution in [1.82, 2.24) is 10.2 Å². The van der Waals surface area contributed by atoms with Gasteiger partial charge in [-0.25, -0.2) is 13.2 Å². The second-order valence-corrected chi connectivity index (χ2v) is 8.69. The molecule has 2 aromatic carbocycles. The van der Waals surface area contributed by atoms with Crippen molar-refractivity contribution in [2.24, 2.45) is 5.73 Å². The summed E-state index contributed by atoms with van der Waals surface area (Å²) in [7, 11) is -1.57. The molecule has 0 saturated heterocycles. The molecular weight excluding hydrogens is 378 g/mol. The van der Waals surface area contributed by atoms with Crippen LogP contribution in [0, 0.1) is 0 Å². The van der Waals surface area contributed by atoms with Gasteiger partial charge in [0.25, 0.3) is 0 Å². The Morgan fingerprint density at radius 3 is 2.36 bits per heavy atom. The van der Waals surface area contributed by atoms with E-state index >= 15 is 0 Å². The van der Waals surface area contributed by atoms with Crippen LogP contribution in [0.15, 0.2) is 53.4 Å². The Labute approximate surface area is 165 Å². The topological polar surface area (TPSA) is 110 Å². The number of benzene rings is 2. The van der Waals surface area contributed by atoms with Crippen LogP contribution in [0.1, 0.15) is 34.5 Å². The van der Waals surface area contributed by atoms with E-state index in [2.05, 4.69) is 5.32 Å². The third kappa shape index (κ3) is 5.56. The lowest BCUT2D eigenvalue weighted by Gasteiger charge is -2.25. The Morgan fingerprint density at radius 2 is 1.79 bits per heavy atom. The van der Waals surface area contributed by atoms with Crippen molar-refractivity contribution in [2.45, 2.75) is 24.3 Å². The maximum absolute atomic E-state index is 12.4. The van der Waals surface area contributed by atoms with Crippen molar-refractivity contribution in [3.8, 4) is 0 Å². The van der Waals surface area contributed by atoms with E-state index in [-0.39, 0.29) is 17.0 Å². The molecule has 0 bridgehead atoms. The highest BCUT2D eigenvalue weighted by Crippen LogP contribution is 2.20. The van der Waals surface area contributed by atoms with Crippen molar-refractivity contribution in [3.05, 3.63) is 65.2 Å². The summed E-state index contributed by atoms with van der Waals surface area (Å²) < 4.78 is 23.1. The molecule has 7 nitrogen and oxygen atoms in total. The molecule has 2 aromatic rings. The van der Waals surface area contributed by atoms with Gasteiger partial charge in [-0.3, -0.25) is 4.79 Å². The van der Waals surface area contributed by atoms with Crippen LogP contribution in [0.5, 0.6) is 0 Å². The van der Waals surface area contributed by atoms with Gasteiger partial charge in [-0.1, -0.05) is 24.3 Å². The Bertz CT molecular complexity index is 956.